The molecule has 6 heteroatoms. The van der Waals surface area contributed by atoms with Crippen molar-refractivity contribution in [2.45, 2.75) is 158 Å². The molecule has 44 heavy (non-hydrogen) atoms. The third-order valence-corrected chi connectivity index (χ3v) is 10.1. The second-order valence-electron chi connectivity index (χ2n) is 15.9. The van der Waals surface area contributed by atoms with Crippen LogP contribution in [0.4, 0.5) is 4.79 Å². The summed E-state index contributed by atoms with van der Waals surface area (Å²) in [4.78, 5) is 12.8. The van der Waals surface area contributed by atoms with E-state index in [4.69, 9.17) is 23.7 Å². The van der Waals surface area contributed by atoms with Gasteiger partial charge in [-0.1, -0.05) is 79.6 Å². The zero-order chi connectivity index (χ0) is 32.7. The number of fused-ring (bicyclic) bond motifs is 1. The molecule has 3 atom stereocenters. The summed E-state index contributed by atoms with van der Waals surface area (Å²) in [6.45, 7) is 24.7. The Morgan fingerprint density at radius 2 is 1.36 bits per heavy atom. The average Bonchev–Trinajstić information content (AvgIpc) is 2.94. The molecule has 3 rings (SSSR count). The van der Waals surface area contributed by atoms with Crippen LogP contribution in [0.1, 0.15) is 142 Å². The minimum atomic E-state index is -0.696. The summed E-state index contributed by atoms with van der Waals surface area (Å²) in [5.74, 6) is 3.38. The molecule has 1 aromatic carbocycles. The molecule has 6 nitrogen and oxygen atoms in total. The average molecular weight is 617 g/mol. The van der Waals surface area contributed by atoms with Crippen molar-refractivity contribution in [2.24, 2.45) is 23.2 Å². The van der Waals surface area contributed by atoms with E-state index in [2.05, 4.69) is 41.5 Å². The van der Waals surface area contributed by atoms with E-state index in [9.17, 15) is 4.79 Å². The first kappa shape index (κ1) is 36.7. The molecule has 0 radical (unpaired) electrons. The van der Waals surface area contributed by atoms with Crippen molar-refractivity contribution >= 4 is 6.16 Å². The summed E-state index contributed by atoms with van der Waals surface area (Å²) in [5.41, 5.74) is 3.49. The molecule has 2 heterocycles. The molecule has 0 N–H and O–H groups in total. The standard InChI is InChI=1S/C38H64O6/c1-26(2)15-12-16-27(3)17-13-18-28(4)19-14-21-38(11)22-20-32-31(7)33(29(5)30(6)34(32)44-38)43-35(39)40-23-37(10)24-41-36(8,9)42-25-37/h26-28H,12-25H2,1-11H3. The minimum absolute atomic E-state index is 0.168. The van der Waals surface area contributed by atoms with Crippen LogP contribution in [0, 0.1) is 43.9 Å². The molecule has 0 aromatic heterocycles. The number of benzene rings is 1. The van der Waals surface area contributed by atoms with Gasteiger partial charge in [0.05, 0.1) is 13.2 Å². The largest absolute Gasteiger partial charge is 0.513 e. The summed E-state index contributed by atoms with van der Waals surface area (Å²) >= 11 is 0. The Labute approximate surface area is 269 Å². The van der Waals surface area contributed by atoms with E-state index in [1.54, 1.807) is 0 Å². The maximum absolute atomic E-state index is 12.8. The number of carbonyl (C=O) groups is 1. The van der Waals surface area contributed by atoms with Gasteiger partial charge in [0.2, 0.25) is 0 Å². The fraction of sp³-hybridized carbons (Fsp3) is 0.816. The highest BCUT2D eigenvalue weighted by molar-refractivity contribution is 5.68. The van der Waals surface area contributed by atoms with Gasteiger partial charge in [0.15, 0.2) is 5.79 Å². The number of hydrogen-bond acceptors (Lipinski definition) is 6. The Hall–Kier alpha value is -1.79. The van der Waals surface area contributed by atoms with Gasteiger partial charge in [0.25, 0.3) is 0 Å². The lowest BCUT2D eigenvalue weighted by molar-refractivity contribution is -0.286. The molecule has 2 aliphatic heterocycles. The second-order valence-corrected chi connectivity index (χ2v) is 15.9. The van der Waals surface area contributed by atoms with Crippen LogP contribution >= 0.6 is 0 Å². The predicted molar refractivity (Wildman–Crippen MR) is 179 cm³/mol. The van der Waals surface area contributed by atoms with Gasteiger partial charge in [0.1, 0.15) is 23.7 Å². The Morgan fingerprint density at radius 1 is 0.795 bits per heavy atom. The molecule has 0 amide bonds. The maximum atomic E-state index is 12.8. The molecule has 0 bridgehead atoms. The van der Waals surface area contributed by atoms with Gasteiger partial charge in [-0.3, -0.25) is 0 Å². The molecular formula is C38H64O6. The van der Waals surface area contributed by atoms with Crippen LogP contribution in [-0.4, -0.2) is 37.4 Å². The van der Waals surface area contributed by atoms with E-state index >= 15 is 0 Å². The monoisotopic (exact) mass is 616 g/mol. The SMILES string of the molecule is Cc1c(C)c2c(c(C)c1OC(=O)OCC1(C)COC(C)(C)OC1)CCC(C)(CCCC(C)CCCC(C)CCCC(C)C)O2. The van der Waals surface area contributed by atoms with Gasteiger partial charge in [0, 0.05) is 11.0 Å². The van der Waals surface area contributed by atoms with Crippen molar-refractivity contribution in [1.82, 2.24) is 0 Å². The lowest BCUT2D eigenvalue weighted by atomic mass is 9.83. The fourth-order valence-corrected chi connectivity index (χ4v) is 6.62. The van der Waals surface area contributed by atoms with Crippen LogP contribution in [0.15, 0.2) is 0 Å². The smallest absolute Gasteiger partial charge is 0.487 e. The van der Waals surface area contributed by atoms with Crippen molar-refractivity contribution in [2.75, 3.05) is 19.8 Å². The maximum Gasteiger partial charge on any atom is 0.513 e. The zero-order valence-corrected chi connectivity index (χ0v) is 30.1. The molecule has 0 aliphatic carbocycles. The number of carbonyl (C=O) groups excluding carboxylic acids is 1. The molecule has 2 aliphatic rings. The second kappa shape index (κ2) is 15.7. The highest BCUT2D eigenvalue weighted by Crippen LogP contribution is 2.45. The van der Waals surface area contributed by atoms with Gasteiger partial charge < -0.3 is 23.7 Å². The van der Waals surface area contributed by atoms with E-state index < -0.39 is 17.4 Å². The highest BCUT2D eigenvalue weighted by atomic mass is 16.7. The first-order chi connectivity index (χ1) is 20.5. The summed E-state index contributed by atoms with van der Waals surface area (Å²) < 4.78 is 29.7. The van der Waals surface area contributed by atoms with Crippen LogP contribution in [0.5, 0.6) is 11.5 Å². The Balaban J connectivity index is 1.49. The number of hydrogen-bond donors (Lipinski definition) is 0. The fourth-order valence-electron chi connectivity index (χ4n) is 6.62. The minimum Gasteiger partial charge on any atom is -0.487 e. The van der Waals surface area contributed by atoms with E-state index in [1.165, 1.54) is 51.4 Å². The first-order valence-corrected chi connectivity index (χ1v) is 17.5. The van der Waals surface area contributed by atoms with Gasteiger partial charge in [-0.05, 0) is 102 Å². The van der Waals surface area contributed by atoms with Gasteiger partial charge in [-0.25, -0.2) is 4.79 Å². The van der Waals surface area contributed by atoms with E-state index in [0.29, 0.717) is 19.0 Å². The third kappa shape index (κ3) is 10.6. The van der Waals surface area contributed by atoms with Crippen molar-refractivity contribution in [3.8, 4) is 11.5 Å². The summed E-state index contributed by atoms with van der Waals surface area (Å²) in [5, 5.41) is 0. The Kier molecular flexibility index (Phi) is 13.1. The summed E-state index contributed by atoms with van der Waals surface area (Å²) in [6, 6.07) is 0. The molecule has 1 fully saturated rings. The van der Waals surface area contributed by atoms with Crippen LogP contribution in [0.25, 0.3) is 0 Å². The van der Waals surface area contributed by atoms with Crippen molar-refractivity contribution in [3.05, 3.63) is 22.3 Å². The van der Waals surface area contributed by atoms with Crippen LogP contribution < -0.4 is 9.47 Å². The Morgan fingerprint density at radius 3 is 1.95 bits per heavy atom. The normalized spacial score (nSPS) is 22.2. The number of ether oxygens (including phenoxy) is 5. The zero-order valence-electron chi connectivity index (χ0n) is 30.1. The quantitative estimate of drug-likeness (QED) is 0.144. The number of rotatable bonds is 15. The van der Waals surface area contributed by atoms with Crippen molar-refractivity contribution < 1.29 is 28.5 Å². The molecule has 1 saturated heterocycles. The van der Waals surface area contributed by atoms with E-state index in [1.807, 2.05) is 34.6 Å². The van der Waals surface area contributed by atoms with Gasteiger partial charge in [-0.15, -0.1) is 0 Å². The predicted octanol–water partition coefficient (Wildman–Crippen LogP) is 10.4. The topological polar surface area (TPSA) is 63.2 Å². The Bertz CT molecular complexity index is 1080. The summed E-state index contributed by atoms with van der Waals surface area (Å²) in [6.07, 6.45) is 12.8. The van der Waals surface area contributed by atoms with E-state index in [0.717, 1.165) is 65.0 Å². The lowest BCUT2D eigenvalue weighted by Gasteiger charge is -2.40. The molecule has 252 valence electrons. The highest BCUT2D eigenvalue weighted by Gasteiger charge is 2.38. The molecule has 0 spiro atoms. The van der Waals surface area contributed by atoms with Crippen molar-refractivity contribution in [1.29, 1.82) is 0 Å². The lowest BCUT2D eigenvalue weighted by Crippen LogP contribution is -2.47. The molecular weight excluding hydrogens is 552 g/mol. The molecule has 3 unspecified atom stereocenters. The molecule has 0 saturated carbocycles. The van der Waals surface area contributed by atoms with Crippen LogP contribution in [0.3, 0.4) is 0 Å². The third-order valence-electron chi connectivity index (χ3n) is 10.1. The van der Waals surface area contributed by atoms with Crippen LogP contribution in [-0.2, 0) is 20.6 Å². The van der Waals surface area contributed by atoms with E-state index in [-0.39, 0.29) is 12.2 Å². The first-order valence-electron chi connectivity index (χ1n) is 17.5. The van der Waals surface area contributed by atoms with Crippen LogP contribution in [0.2, 0.25) is 0 Å². The van der Waals surface area contributed by atoms with Gasteiger partial charge in [-0.2, -0.15) is 0 Å². The van der Waals surface area contributed by atoms with Gasteiger partial charge >= 0.3 is 6.16 Å². The molecule has 1 aromatic rings. The van der Waals surface area contributed by atoms with Crippen molar-refractivity contribution in [3.63, 3.8) is 0 Å². The summed E-state index contributed by atoms with van der Waals surface area (Å²) in [7, 11) is 0.